The van der Waals surface area contributed by atoms with E-state index in [4.69, 9.17) is 28.9 Å². The monoisotopic (exact) mass is 379 g/mol. The summed E-state index contributed by atoms with van der Waals surface area (Å²) in [4.78, 5) is 0. The standard InChI is InChI=1S/C23H19Cl2N/c1-3-17(11-16-12-21(24)15(2)22(25)13-16)20-14-19(9-10-23(20)26)18-7-5-4-6-8-18/h3-14H,1,26H2,2H3/b17-11+. The molecule has 0 aliphatic heterocycles. The van der Waals surface area contributed by atoms with Gasteiger partial charge in [-0.2, -0.15) is 0 Å². The second-order valence-corrected chi connectivity index (χ2v) is 6.90. The molecule has 0 aliphatic rings. The Morgan fingerprint density at radius 3 is 2.19 bits per heavy atom. The van der Waals surface area contributed by atoms with Gasteiger partial charge in [-0.1, -0.05) is 72.3 Å². The van der Waals surface area contributed by atoms with E-state index in [2.05, 4.69) is 24.8 Å². The molecular weight excluding hydrogens is 361 g/mol. The zero-order valence-electron chi connectivity index (χ0n) is 14.5. The van der Waals surface area contributed by atoms with Gasteiger partial charge in [-0.25, -0.2) is 0 Å². The Bertz CT molecular complexity index is 965. The maximum atomic E-state index is 6.26. The predicted molar refractivity (Wildman–Crippen MR) is 116 cm³/mol. The molecule has 0 unspecified atom stereocenters. The molecule has 0 aliphatic carbocycles. The minimum atomic E-state index is 0.637. The molecule has 0 heterocycles. The molecule has 1 nitrogen and oxygen atoms in total. The molecule has 3 heteroatoms. The van der Waals surface area contributed by atoms with Crippen molar-refractivity contribution < 1.29 is 0 Å². The zero-order chi connectivity index (χ0) is 18.7. The fraction of sp³-hybridized carbons (Fsp3) is 0.0435. The lowest BCUT2D eigenvalue weighted by molar-refractivity contribution is 1.46. The highest BCUT2D eigenvalue weighted by Crippen LogP contribution is 2.32. The van der Waals surface area contributed by atoms with Gasteiger partial charge in [0.2, 0.25) is 0 Å². The largest absolute Gasteiger partial charge is 0.398 e. The molecule has 0 radical (unpaired) electrons. The third kappa shape index (κ3) is 3.85. The summed E-state index contributed by atoms with van der Waals surface area (Å²) in [5.74, 6) is 0. The van der Waals surface area contributed by atoms with E-state index in [0.29, 0.717) is 15.7 Å². The van der Waals surface area contributed by atoms with Crippen LogP contribution in [0.15, 0.2) is 73.3 Å². The van der Waals surface area contributed by atoms with Crippen molar-refractivity contribution in [3.63, 3.8) is 0 Å². The Hall–Kier alpha value is -2.48. The van der Waals surface area contributed by atoms with Crippen molar-refractivity contribution >= 4 is 40.5 Å². The van der Waals surface area contributed by atoms with E-state index >= 15 is 0 Å². The molecule has 0 spiro atoms. The second-order valence-electron chi connectivity index (χ2n) is 6.08. The second kappa shape index (κ2) is 7.82. The summed E-state index contributed by atoms with van der Waals surface area (Å²) < 4.78 is 0. The summed E-state index contributed by atoms with van der Waals surface area (Å²) in [6, 6.07) is 20.0. The first-order chi connectivity index (χ1) is 12.5. The topological polar surface area (TPSA) is 26.0 Å². The van der Waals surface area contributed by atoms with E-state index in [-0.39, 0.29) is 0 Å². The number of hydrogen-bond acceptors (Lipinski definition) is 1. The van der Waals surface area contributed by atoms with E-state index in [1.165, 1.54) is 0 Å². The Morgan fingerprint density at radius 1 is 0.923 bits per heavy atom. The number of anilines is 1. The van der Waals surface area contributed by atoms with Crippen molar-refractivity contribution in [1.29, 1.82) is 0 Å². The van der Waals surface area contributed by atoms with Crippen molar-refractivity contribution in [2.75, 3.05) is 5.73 Å². The number of nitrogens with two attached hydrogens (primary N) is 1. The van der Waals surface area contributed by atoms with Gasteiger partial charge < -0.3 is 5.73 Å². The lowest BCUT2D eigenvalue weighted by Gasteiger charge is -2.11. The minimum absolute atomic E-state index is 0.637. The Kier molecular flexibility index (Phi) is 5.51. The number of rotatable bonds is 4. The molecule has 130 valence electrons. The van der Waals surface area contributed by atoms with Gasteiger partial charge in [-0.05, 0) is 65.1 Å². The van der Waals surface area contributed by atoms with Crippen LogP contribution in [0.4, 0.5) is 5.69 Å². The van der Waals surface area contributed by atoms with Crippen LogP contribution < -0.4 is 5.73 Å². The van der Waals surface area contributed by atoms with Crippen LogP contribution in [-0.2, 0) is 0 Å². The first kappa shape index (κ1) is 18.3. The van der Waals surface area contributed by atoms with Crippen molar-refractivity contribution in [2.45, 2.75) is 6.92 Å². The summed E-state index contributed by atoms with van der Waals surface area (Å²) in [6.45, 7) is 5.85. The molecule has 0 saturated heterocycles. The number of allylic oxidation sites excluding steroid dienone is 2. The minimum Gasteiger partial charge on any atom is -0.398 e. The van der Waals surface area contributed by atoms with Gasteiger partial charge in [-0.3, -0.25) is 0 Å². The Labute approximate surface area is 164 Å². The van der Waals surface area contributed by atoms with Crippen LogP contribution in [0.2, 0.25) is 10.0 Å². The zero-order valence-corrected chi connectivity index (χ0v) is 16.0. The Balaban J connectivity index is 2.10. The molecule has 3 aromatic rings. The first-order valence-corrected chi connectivity index (χ1v) is 9.00. The van der Waals surface area contributed by atoms with Gasteiger partial charge in [0, 0.05) is 21.3 Å². The van der Waals surface area contributed by atoms with E-state index in [1.54, 1.807) is 6.08 Å². The third-order valence-corrected chi connectivity index (χ3v) is 5.10. The average molecular weight is 380 g/mol. The molecular formula is C23H19Cl2N. The summed E-state index contributed by atoms with van der Waals surface area (Å²) in [5.41, 5.74) is 12.8. The number of nitrogen functional groups attached to an aromatic ring is 1. The van der Waals surface area contributed by atoms with Gasteiger partial charge in [0.25, 0.3) is 0 Å². The van der Waals surface area contributed by atoms with Gasteiger partial charge in [0.1, 0.15) is 0 Å². The highest BCUT2D eigenvalue weighted by molar-refractivity contribution is 6.36. The van der Waals surface area contributed by atoms with Crippen LogP contribution in [-0.4, -0.2) is 0 Å². The number of benzene rings is 3. The third-order valence-electron chi connectivity index (χ3n) is 4.32. The van der Waals surface area contributed by atoms with Crippen molar-refractivity contribution in [2.24, 2.45) is 0 Å². The van der Waals surface area contributed by atoms with E-state index in [0.717, 1.165) is 33.4 Å². The van der Waals surface area contributed by atoms with Crippen molar-refractivity contribution in [3.05, 3.63) is 100 Å². The van der Waals surface area contributed by atoms with E-state index in [1.807, 2.05) is 55.5 Å². The van der Waals surface area contributed by atoms with Crippen LogP contribution in [0.5, 0.6) is 0 Å². The Morgan fingerprint density at radius 2 is 1.58 bits per heavy atom. The molecule has 3 rings (SSSR count). The van der Waals surface area contributed by atoms with Crippen LogP contribution in [0, 0.1) is 6.92 Å². The van der Waals surface area contributed by atoms with Crippen molar-refractivity contribution in [3.8, 4) is 11.1 Å². The van der Waals surface area contributed by atoms with Gasteiger partial charge >= 0.3 is 0 Å². The summed E-state index contributed by atoms with van der Waals surface area (Å²) in [6.07, 6.45) is 3.78. The fourth-order valence-corrected chi connectivity index (χ4v) is 3.29. The molecule has 0 aromatic heterocycles. The first-order valence-electron chi connectivity index (χ1n) is 8.24. The molecule has 0 atom stereocenters. The normalized spacial score (nSPS) is 11.4. The average Bonchev–Trinajstić information content (AvgIpc) is 2.65. The maximum Gasteiger partial charge on any atom is 0.0455 e. The van der Waals surface area contributed by atoms with Gasteiger partial charge in [-0.15, -0.1) is 0 Å². The molecule has 0 amide bonds. The predicted octanol–water partition coefficient (Wildman–Crippen LogP) is 7.28. The summed E-state index contributed by atoms with van der Waals surface area (Å²) >= 11 is 12.5. The molecule has 0 bridgehead atoms. The summed E-state index contributed by atoms with van der Waals surface area (Å²) in [7, 11) is 0. The van der Waals surface area contributed by atoms with Crippen LogP contribution in [0.3, 0.4) is 0 Å². The molecule has 26 heavy (non-hydrogen) atoms. The smallest absolute Gasteiger partial charge is 0.0455 e. The summed E-state index contributed by atoms with van der Waals surface area (Å²) in [5, 5.41) is 1.27. The quantitative estimate of drug-likeness (QED) is 0.287. The van der Waals surface area contributed by atoms with Gasteiger partial charge in [0.05, 0.1) is 0 Å². The molecule has 2 N–H and O–H groups in total. The van der Waals surface area contributed by atoms with Gasteiger partial charge in [0.15, 0.2) is 0 Å². The van der Waals surface area contributed by atoms with Crippen LogP contribution in [0.25, 0.3) is 22.8 Å². The number of hydrogen-bond donors (Lipinski definition) is 1. The highest BCUT2D eigenvalue weighted by atomic mass is 35.5. The number of halogens is 2. The van der Waals surface area contributed by atoms with E-state index in [9.17, 15) is 0 Å². The highest BCUT2D eigenvalue weighted by Gasteiger charge is 2.08. The van der Waals surface area contributed by atoms with Crippen molar-refractivity contribution in [1.82, 2.24) is 0 Å². The molecule has 0 saturated carbocycles. The SMILES string of the molecule is C=C/C(=C\c1cc(Cl)c(C)c(Cl)c1)c1cc(-c2ccccc2)ccc1N. The lowest BCUT2D eigenvalue weighted by Crippen LogP contribution is -1.94. The van der Waals surface area contributed by atoms with Crippen LogP contribution >= 0.6 is 23.2 Å². The van der Waals surface area contributed by atoms with E-state index < -0.39 is 0 Å². The maximum absolute atomic E-state index is 6.26. The molecule has 0 fully saturated rings. The molecule has 3 aromatic carbocycles. The fourth-order valence-electron chi connectivity index (χ4n) is 2.79. The lowest BCUT2D eigenvalue weighted by atomic mass is 9.96. The van der Waals surface area contributed by atoms with Crippen LogP contribution in [0.1, 0.15) is 16.7 Å².